The second-order valence-electron chi connectivity index (χ2n) is 35.2. The first-order valence-electron chi connectivity index (χ1n) is 47.2. The van der Waals surface area contributed by atoms with Crippen molar-refractivity contribution in [3.8, 4) is 100 Å². The molecule has 0 aliphatic rings. The molecular weight excluding hydrogens is 1670 g/mol. The highest BCUT2D eigenvalue weighted by Gasteiger charge is 2.13. The molecule has 0 radical (unpaired) electrons. The summed E-state index contributed by atoms with van der Waals surface area (Å²) in [5.41, 5.74) is 32.5. The maximum atomic E-state index is 4.06. The van der Waals surface area contributed by atoms with Crippen LogP contribution in [0.5, 0.6) is 0 Å². The van der Waals surface area contributed by atoms with E-state index in [0.717, 1.165) is 22.3 Å². The average molecular weight is 1780 g/mol. The molecule has 0 bridgehead atoms. The minimum absolute atomic E-state index is 1.00. The Balaban J connectivity index is 0.000000110. The molecule has 138 heavy (non-hydrogen) atoms. The van der Waals surface area contributed by atoms with Gasteiger partial charge < -0.3 is 0 Å². The van der Waals surface area contributed by atoms with Crippen molar-refractivity contribution >= 4 is 75.4 Å². The molecule has 0 N–H and O–H groups in total. The predicted molar refractivity (Wildman–Crippen MR) is 592 cm³/mol. The van der Waals surface area contributed by atoms with Gasteiger partial charge >= 0.3 is 0 Å². The fraction of sp³-hybridized carbons (Fsp3) is 0.0597. The Hall–Kier alpha value is -17.2. The molecule has 0 amide bonds. The van der Waals surface area contributed by atoms with Gasteiger partial charge in [-0.2, -0.15) is 0 Å². The zero-order valence-corrected chi connectivity index (χ0v) is 79.4. The monoisotopic (exact) mass is 1770 g/mol. The molecule has 4 heteroatoms. The van der Waals surface area contributed by atoms with Crippen molar-refractivity contribution in [2.75, 3.05) is 0 Å². The number of rotatable bonds is 9. The number of aryl methyl sites for hydroxylation is 8. The second kappa shape index (κ2) is 45.5. The average Bonchev–Trinajstić information content (AvgIpc) is 0.796. The zero-order valence-electron chi connectivity index (χ0n) is 79.4. The largest absolute Gasteiger partial charge is 0.244 e. The van der Waals surface area contributed by atoms with Gasteiger partial charge in [-0.1, -0.05) is 472 Å². The van der Waals surface area contributed by atoms with Crippen molar-refractivity contribution < 1.29 is 0 Å². The summed E-state index contributed by atoms with van der Waals surface area (Å²) in [4.78, 5) is 16.2. The van der Waals surface area contributed by atoms with Crippen molar-refractivity contribution in [3.05, 3.63) is 567 Å². The molecule has 0 unspecified atom stereocenters. The number of hydrogen-bond donors (Lipinski definition) is 0. The van der Waals surface area contributed by atoms with E-state index in [4.69, 9.17) is 0 Å². The molecule has 0 saturated heterocycles. The van der Waals surface area contributed by atoms with E-state index in [1.54, 1.807) is 0 Å². The van der Waals surface area contributed by atoms with Gasteiger partial charge in [-0.05, 0) is 278 Å². The first kappa shape index (κ1) is 92.7. The normalized spacial score (nSPS) is 10.6. The molecule has 22 aromatic carbocycles. The van der Waals surface area contributed by atoms with Crippen LogP contribution < -0.4 is 0 Å². The van der Waals surface area contributed by atoms with Crippen LogP contribution in [-0.4, -0.2) is 19.9 Å². The summed E-state index contributed by atoms with van der Waals surface area (Å²) < 4.78 is 0. The van der Waals surface area contributed by atoms with E-state index in [1.807, 2.05) is 30.9 Å². The van der Waals surface area contributed by atoms with Crippen LogP contribution in [0.15, 0.2) is 523 Å². The second-order valence-corrected chi connectivity index (χ2v) is 35.2. The summed E-state index contributed by atoms with van der Waals surface area (Å²) in [5.74, 6) is 0. The van der Waals surface area contributed by atoms with E-state index in [1.165, 1.54) is 210 Å². The quantitative estimate of drug-likeness (QED) is 0.145. The third-order valence-electron chi connectivity index (χ3n) is 24.6. The Morgan fingerprint density at radius 3 is 0.877 bits per heavy atom. The van der Waals surface area contributed by atoms with Crippen molar-refractivity contribution in [1.82, 2.24) is 19.9 Å². The molecular formula is C134H110N4. The fourth-order valence-corrected chi connectivity index (χ4v) is 17.8. The van der Waals surface area contributed by atoms with Crippen molar-refractivity contribution in [3.63, 3.8) is 0 Å². The lowest BCUT2D eigenvalue weighted by Crippen LogP contribution is -1.87. The van der Waals surface area contributed by atoms with Gasteiger partial charge in [0.15, 0.2) is 0 Å². The van der Waals surface area contributed by atoms with Gasteiger partial charge in [-0.15, -0.1) is 0 Å². The molecule has 2 heterocycles. The van der Waals surface area contributed by atoms with E-state index >= 15 is 0 Å². The Morgan fingerprint density at radius 1 is 0.123 bits per heavy atom. The maximum absolute atomic E-state index is 4.06. The van der Waals surface area contributed by atoms with Crippen LogP contribution in [0.3, 0.4) is 0 Å². The van der Waals surface area contributed by atoms with Gasteiger partial charge in [-0.3, -0.25) is 0 Å². The fourth-order valence-electron chi connectivity index (χ4n) is 17.8. The molecule has 24 rings (SSSR count). The van der Waals surface area contributed by atoms with Crippen LogP contribution in [0.1, 0.15) is 44.5 Å². The molecule has 0 saturated carbocycles. The van der Waals surface area contributed by atoms with E-state index in [9.17, 15) is 0 Å². The number of nitrogens with zero attached hydrogens (tertiary/aromatic N) is 4. The van der Waals surface area contributed by atoms with E-state index in [0.29, 0.717) is 0 Å². The summed E-state index contributed by atoms with van der Waals surface area (Å²) in [7, 11) is 0. The lowest BCUT2D eigenvalue weighted by Gasteiger charge is -2.11. The van der Waals surface area contributed by atoms with Crippen molar-refractivity contribution in [2.45, 2.75) is 55.4 Å². The summed E-state index contributed by atoms with van der Waals surface area (Å²) in [6.45, 7) is 17.1. The van der Waals surface area contributed by atoms with Crippen LogP contribution in [0.25, 0.3) is 176 Å². The molecule has 2 aromatic heterocycles. The number of fused-ring (bicyclic) bond motifs is 7. The minimum atomic E-state index is 1.00. The van der Waals surface area contributed by atoms with E-state index < -0.39 is 0 Å². The molecule has 24 aromatic rings. The molecule has 0 aliphatic heterocycles. The Bertz CT molecular complexity index is 8090. The Kier molecular flexibility index (Phi) is 30.6. The van der Waals surface area contributed by atoms with Crippen LogP contribution in [-0.2, 0) is 0 Å². The standard InChI is InChI=1S/2C23H18.3C17H14.C15H12N4.2C11H10/c1-17-14-20(18-8-3-2-4-9-18)16-21(15-17)23-13-7-11-19-10-5-6-12-22(19)23;1-17-13-22(18-7-3-2-4-8-18)16-23(14-17)21-12-11-19-9-5-6-10-20(19)15-21;1-13-11-15-9-5-6-10-16(15)17(12-13)14-7-3-2-4-8-14;1-13-10-11-17-15(12-13)8-5-9-16(17)14-6-3-2-4-7-14;1-13-7-8-17-12-16(10-9-15(17)11-13)14-5-3-2-4-6-14;1-11-2-12(14-5-16-9-17-6-14)4-13(3-11)15-7-18-10-19-8-15;1-9-5-4-7-10-6-2-3-8-11(9)10;1-9-6-7-10-4-2-3-5-11(10)8-9/h2*2-16H,1H3;3*2-12H,1H3;2-10H,1H3;2*2-8H,1H3. The first-order chi connectivity index (χ1) is 67.7. The summed E-state index contributed by atoms with van der Waals surface area (Å²) in [6, 6.07) is 172. The van der Waals surface area contributed by atoms with Gasteiger partial charge in [0, 0.05) is 35.9 Å². The van der Waals surface area contributed by atoms with Gasteiger partial charge in [0.25, 0.3) is 0 Å². The third kappa shape index (κ3) is 24.2. The predicted octanol–water partition coefficient (Wildman–Crippen LogP) is 36.6. The summed E-state index contributed by atoms with van der Waals surface area (Å²) in [6.07, 6.45) is 10.3. The van der Waals surface area contributed by atoms with E-state index in [2.05, 4.69) is 555 Å². The van der Waals surface area contributed by atoms with Crippen molar-refractivity contribution in [2.24, 2.45) is 0 Å². The molecule has 0 fully saturated rings. The smallest absolute Gasteiger partial charge is 0.115 e. The maximum Gasteiger partial charge on any atom is 0.115 e. The highest BCUT2D eigenvalue weighted by atomic mass is 14.8. The van der Waals surface area contributed by atoms with Crippen LogP contribution in [0.2, 0.25) is 0 Å². The van der Waals surface area contributed by atoms with Gasteiger partial charge in [0.1, 0.15) is 12.7 Å². The van der Waals surface area contributed by atoms with Gasteiger partial charge in [0.05, 0.1) is 0 Å². The molecule has 666 valence electrons. The zero-order chi connectivity index (χ0) is 94.7. The van der Waals surface area contributed by atoms with Crippen LogP contribution >= 0.6 is 0 Å². The first-order valence-corrected chi connectivity index (χ1v) is 47.2. The number of hydrogen-bond acceptors (Lipinski definition) is 4. The highest BCUT2D eigenvalue weighted by molar-refractivity contribution is 6.00. The Morgan fingerprint density at radius 2 is 0.391 bits per heavy atom. The van der Waals surface area contributed by atoms with E-state index in [-0.39, 0.29) is 0 Å². The van der Waals surface area contributed by atoms with Crippen LogP contribution in [0.4, 0.5) is 0 Å². The summed E-state index contributed by atoms with van der Waals surface area (Å²) in [5, 5.41) is 18.4. The van der Waals surface area contributed by atoms with Gasteiger partial charge in [0.2, 0.25) is 0 Å². The Labute approximate surface area is 812 Å². The molecule has 0 atom stereocenters. The van der Waals surface area contributed by atoms with Crippen LogP contribution in [0, 0.1) is 55.4 Å². The third-order valence-corrected chi connectivity index (χ3v) is 24.6. The molecule has 4 nitrogen and oxygen atoms in total. The SMILES string of the molecule is Cc1cc(-c2ccccc2)c2ccccc2c1.Cc1cc(-c2ccccc2)cc(-c2ccc3ccccc3c2)c1.Cc1cc(-c2ccccc2)cc(-c2cccc3ccccc23)c1.Cc1cc(-c2cncnc2)cc(-c2cncnc2)c1.Cc1ccc2c(-c3ccccc3)cccc2c1.Cc1ccc2cc(-c3ccccc3)ccc2c1.Cc1ccc2ccccc2c1.Cc1cccc2ccccc12. The lowest BCUT2D eigenvalue weighted by atomic mass is 9.93. The van der Waals surface area contributed by atoms with Crippen molar-refractivity contribution in [1.29, 1.82) is 0 Å². The molecule has 0 aliphatic carbocycles. The topological polar surface area (TPSA) is 51.6 Å². The lowest BCUT2D eigenvalue weighted by molar-refractivity contribution is 1.17. The minimum Gasteiger partial charge on any atom is -0.244 e. The highest BCUT2D eigenvalue weighted by Crippen LogP contribution is 2.38. The summed E-state index contributed by atoms with van der Waals surface area (Å²) >= 11 is 0. The van der Waals surface area contributed by atoms with Gasteiger partial charge in [-0.25, -0.2) is 19.9 Å². The number of aromatic nitrogens is 4. The number of benzene rings is 22. The molecule has 0 spiro atoms.